The molecule has 0 amide bonds. The molecule has 3 aliphatic rings. The Morgan fingerprint density at radius 1 is 0.550 bits per heavy atom. The fourth-order valence-corrected chi connectivity index (χ4v) is 7.79. The Hall–Kier alpha value is -4.44. The molecule has 3 aliphatic carbocycles. The Morgan fingerprint density at radius 2 is 1.07 bits per heavy atom. The van der Waals surface area contributed by atoms with E-state index in [2.05, 4.69) is 24.3 Å². The largest absolute Gasteiger partial charge is 0.455 e. The molecular formula is C36H28O4. The zero-order chi connectivity index (χ0) is 26.8. The van der Waals surface area contributed by atoms with Crippen molar-refractivity contribution in [2.24, 2.45) is 17.8 Å². The number of esters is 2. The van der Waals surface area contributed by atoms with Gasteiger partial charge >= 0.3 is 11.9 Å². The SMILES string of the molecule is O=C(OC1C2CC(C1OC(=O)c1ccc3ccccc3c1)C1c3ccccc3CC21)c1ccc2ccccc2c1. The summed E-state index contributed by atoms with van der Waals surface area (Å²) >= 11 is 0. The third-order valence-corrected chi connectivity index (χ3v) is 9.51. The predicted molar refractivity (Wildman–Crippen MR) is 154 cm³/mol. The van der Waals surface area contributed by atoms with Crippen molar-refractivity contribution in [2.45, 2.75) is 31.0 Å². The van der Waals surface area contributed by atoms with Gasteiger partial charge in [0, 0.05) is 11.8 Å². The Balaban J connectivity index is 1.12. The molecule has 2 bridgehead atoms. The van der Waals surface area contributed by atoms with Crippen LogP contribution in [0.1, 0.15) is 44.2 Å². The molecule has 0 aromatic heterocycles. The Morgan fingerprint density at radius 3 is 1.70 bits per heavy atom. The van der Waals surface area contributed by atoms with Gasteiger partial charge in [0.05, 0.1) is 11.1 Å². The summed E-state index contributed by atoms with van der Waals surface area (Å²) in [5.41, 5.74) is 3.77. The lowest BCUT2D eigenvalue weighted by Crippen LogP contribution is -2.45. The van der Waals surface area contributed by atoms with Gasteiger partial charge in [-0.15, -0.1) is 0 Å². The lowest BCUT2D eigenvalue weighted by molar-refractivity contribution is -0.0698. The van der Waals surface area contributed by atoms with Gasteiger partial charge in [-0.05, 0) is 81.6 Å². The van der Waals surface area contributed by atoms with Crippen LogP contribution in [0.4, 0.5) is 0 Å². The van der Waals surface area contributed by atoms with Crippen LogP contribution < -0.4 is 0 Å². The van der Waals surface area contributed by atoms with E-state index in [0.717, 1.165) is 34.4 Å². The third-order valence-electron chi connectivity index (χ3n) is 9.51. The molecule has 2 saturated carbocycles. The minimum Gasteiger partial charge on any atom is -0.455 e. The van der Waals surface area contributed by atoms with Gasteiger partial charge in [0.2, 0.25) is 0 Å². The third kappa shape index (κ3) is 3.66. The van der Waals surface area contributed by atoms with E-state index in [1.165, 1.54) is 11.1 Å². The van der Waals surface area contributed by atoms with E-state index < -0.39 is 12.2 Å². The van der Waals surface area contributed by atoms with Crippen molar-refractivity contribution in [3.05, 3.63) is 131 Å². The molecule has 0 aliphatic heterocycles. The summed E-state index contributed by atoms with van der Waals surface area (Å²) in [6.45, 7) is 0. The van der Waals surface area contributed by atoms with Gasteiger partial charge in [0.1, 0.15) is 12.2 Å². The minimum atomic E-state index is -0.485. The molecule has 0 N–H and O–H groups in total. The van der Waals surface area contributed by atoms with Crippen molar-refractivity contribution in [2.75, 3.05) is 0 Å². The lowest BCUT2D eigenvalue weighted by atomic mass is 9.76. The number of benzene rings is 5. The van der Waals surface area contributed by atoms with Crippen molar-refractivity contribution >= 4 is 33.5 Å². The Bertz CT molecular complexity index is 1810. The average molecular weight is 525 g/mol. The summed E-state index contributed by atoms with van der Waals surface area (Å²) in [6.07, 6.45) is 0.927. The van der Waals surface area contributed by atoms with E-state index in [1.54, 1.807) is 0 Å². The molecule has 40 heavy (non-hydrogen) atoms. The van der Waals surface area contributed by atoms with Crippen molar-refractivity contribution in [1.29, 1.82) is 0 Å². The predicted octanol–water partition coefficient (Wildman–Crippen LogP) is 7.35. The van der Waals surface area contributed by atoms with Crippen LogP contribution in [-0.2, 0) is 15.9 Å². The highest BCUT2D eigenvalue weighted by Crippen LogP contribution is 2.62. The summed E-state index contributed by atoms with van der Waals surface area (Å²) in [4.78, 5) is 27.1. The molecule has 0 saturated heterocycles. The zero-order valence-electron chi connectivity index (χ0n) is 21.9. The van der Waals surface area contributed by atoms with E-state index >= 15 is 0 Å². The van der Waals surface area contributed by atoms with Crippen LogP contribution in [0.5, 0.6) is 0 Å². The smallest absolute Gasteiger partial charge is 0.338 e. The fourth-order valence-electron chi connectivity index (χ4n) is 7.79. The number of carbonyl (C=O) groups excluding carboxylic acids is 2. The summed E-state index contributed by atoms with van der Waals surface area (Å²) in [5, 5.41) is 4.14. The maximum Gasteiger partial charge on any atom is 0.338 e. The summed E-state index contributed by atoms with van der Waals surface area (Å²) in [5.74, 6) is 0.275. The van der Waals surface area contributed by atoms with Crippen molar-refractivity contribution in [3.8, 4) is 0 Å². The van der Waals surface area contributed by atoms with Crippen LogP contribution in [0.3, 0.4) is 0 Å². The van der Waals surface area contributed by atoms with E-state index in [4.69, 9.17) is 9.47 Å². The van der Waals surface area contributed by atoms with Gasteiger partial charge < -0.3 is 9.47 Å². The van der Waals surface area contributed by atoms with Crippen molar-refractivity contribution in [3.63, 3.8) is 0 Å². The topological polar surface area (TPSA) is 52.6 Å². The van der Waals surface area contributed by atoms with Crippen LogP contribution in [-0.4, -0.2) is 24.1 Å². The number of hydrogen-bond acceptors (Lipinski definition) is 4. The monoisotopic (exact) mass is 524 g/mol. The Kier molecular flexibility index (Phi) is 5.31. The van der Waals surface area contributed by atoms with Crippen LogP contribution in [0.25, 0.3) is 21.5 Å². The van der Waals surface area contributed by atoms with Crippen molar-refractivity contribution in [1.82, 2.24) is 0 Å². The minimum absolute atomic E-state index is 0.123. The molecule has 4 heteroatoms. The van der Waals surface area contributed by atoms with Gasteiger partial charge in [0.15, 0.2) is 0 Å². The standard InChI is InChI=1S/C36H28O4/c37-35(26-15-13-21-7-1-3-9-23(21)17-26)39-33-30-20-31(32-28-12-6-5-11-25(28)19-29(30)32)34(33)40-36(38)27-16-14-22-8-2-4-10-24(22)18-27/h1-18,29-34H,19-20H2. The summed E-state index contributed by atoms with van der Waals surface area (Å²) in [7, 11) is 0. The normalized spacial score (nSPS) is 26.0. The number of ether oxygens (including phenoxy) is 2. The maximum atomic E-state index is 13.5. The zero-order valence-corrected chi connectivity index (χ0v) is 21.9. The maximum absolute atomic E-state index is 13.5. The molecule has 0 spiro atoms. The van der Waals surface area contributed by atoms with E-state index in [-0.39, 0.29) is 23.8 Å². The summed E-state index contributed by atoms with van der Waals surface area (Å²) < 4.78 is 12.6. The highest BCUT2D eigenvalue weighted by molar-refractivity contribution is 5.96. The van der Waals surface area contributed by atoms with Gasteiger partial charge in [-0.2, -0.15) is 0 Å². The van der Waals surface area contributed by atoms with Crippen LogP contribution in [0, 0.1) is 17.8 Å². The highest BCUT2D eigenvalue weighted by Gasteiger charge is 2.63. The molecule has 2 fully saturated rings. The number of hydrogen-bond donors (Lipinski definition) is 0. The van der Waals surface area contributed by atoms with Crippen LogP contribution >= 0.6 is 0 Å². The molecule has 0 heterocycles. The first-order chi connectivity index (χ1) is 19.6. The van der Waals surface area contributed by atoms with Gasteiger partial charge in [-0.1, -0.05) is 84.9 Å². The Labute approximate surface area is 232 Å². The first-order valence-corrected chi connectivity index (χ1v) is 14.1. The lowest BCUT2D eigenvalue weighted by Gasteiger charge is -2.37. The van der Waals surface area contributed by atoms with Crippen molar-refractivity contribution < 1.29 is 19.1 Å². The molecule has 0 radical (unpaired) electrons. The van der Waals surface area contributed by atoms with E-state index in [0.29, 0.717) is 23.0 Å². The quantitative estimate of drug-likeness (QED) is 0.231. The highest BCUT2D eigenvalue weighted by atomic mass is 16.6. The van der Waals surface area contributed by atoms with Gasteiger partial charge in [-0.25, -0.2) is 9.59 Å². The second kappa shape index (κ2) is 9.06. The van der Waals surface area contributed by atoms with Gasteiger partial charge in [-0.3, -0.25) is 0 Å². The number of fused-ring (bicyclic) bond motifs is 9. The molecule has 6 atom stereocenters. The summed E-state index contributed by atoms with van der Waals surface area (Å²) in [6, 6.07) is 35.9. The average Bonchev–Trinajstić information content (AvgIpc) is 3.66. The van der Waals surface area contributed by atoms with Gasteiger partial charge in [0.25, 0.3) is 0 Å². The number of rotatable bonds is 4. The molecule has 5 aromatic rings. The van der Waals surface area contributed by atoms with E-state index in [1.807, 2.05) is 84.9 Å². The molecule has 5 aromatic carbocycles. The molecule has 8 rings (SSSR count). The first kappa shape index (κ1) is 23.4. The molecular weight excluding hydrogens is 496 g/mol. The van der Waals surface area contributed by atoms with E-state index in [9.17, 15) is 9.59 Å². The molecule has 196 valence electrons. The second-order valence-corrected chi connectivity index (χ2v) is 11.5. The van der Waals surface area contributed by atoms with Crippen LogP contribution in [0.2, 0.25) is 0 Å². The molecule has 6 unspecified atom stereocenters. The molecule has 4 nitrogen and oxygen atoms in total. The second-order valence-electron chi connectivity index (χ2n) is 11.5. The fraction of sp³-hybridized carbons (Fsp3) is 0.222. The first-order valence-electron chi connectivity index (χ1n) is 14.1. The number of carbonyl (C=O) groups is 2. The van der Waals surface area contributed by atoms with Crippen LogP contribution in [0.15, 0.2) is 109 Å².